The zero-order chi connectivity index (χ0) is 24.6. The van der Waals surface area contributed by atoms with Gasteiger partial charge in [-0.25, -0.2) is 0 Å². The number of carbonyl (C=O) groups is 2. The van der Waals surface area contributed by atoms with Crippen LogP contribution in [0.1, 0.15) is 29.9 Å². The van der Waals surface area contributed by atoms with Crippen LogP contribution in [-0.4, -0.2) is 23.4 Å². The van der Waals surface area contributed by atoms with Crippen LogP contribution < -0.4 is 9.64 Å². The van der Waals surface area contributed by atoms with Gasteiger partial charge in [0.15, 0.2) is 0 Å². The molecule has 1 aliphatic rings. The number of nitrogens with zero attached hydrogens (tertiary/aromatic N) is 1. The SMILES string of the molecule is CCOc1cc(/C(O)=C2/C(=O)C(=O)N(c3cccc(C(F)(F)F)c3)C2c2ccco2)ccc1Cl. The third-order valence-electron chi connectivity index (χ3n) is 5.21. The maximum Gasteiger partial charge on any atom is 0.416 e. The highest BCUT2D eigenvalue weighted by molar-refractivity contribution is 6.51. The summed E-state index contributed by atoms with van der Waals surface area (Å²) >= 11 is 6.10. The Labute approximate surface area is 196 Å². The second-order valence-corrected chi connectivity index (χ2v) is 7.72. The maximum absolute atomic E-state index is 13.3. The second kappa shape index (κ2) is 8.90. The van der Waals surface area contributed by atoms with Crippen LogP contribution in [0.4, 0.5) is 18.9 Å². The molecular weight excluding hydrogens is 475 g/mol. The number of hydrogen-bond donors (Lipinski definition) is 1. The number of halogens is 4. The molecule has 6 nitrogen and oxygen atoms in total. The van der Waals surface area contributed by atoms with E-state index in [1.54, 1.807) is 6.92 Å². The number of Topliss-reactive ketones (excluding diaryl/α,β-unsaturated/α-hetero) is 1. The lowest BCUT2D eigenvalue weighted by Crippen LogP contribution is -2.29. The van der Waals surface area contributed by atoms with E-state index in [4.69, 9.17) is 20.8 Å². The molecule has 0 radical (unpaired) electrons. The van der Waals surface area contributed by atoms with Crippen LogP contribution in [0.5, 0.6) is 5.75 Å². The quantitative estimate of drug-likeness (QED) is 0.270. The monoisotopic (exact) mass is 491 g/mol. The van der Waals surface area contributed by atoms with E-state index < -0.39 is 35.2 Å². The minimum absolute atomic E-state index is 0.0807. The van der Waals surface area contributed by atoms with Gasteiger partial charge in [0, 0.05) is 11.3 Å². The third-order valence-corrected chi connectivity index (χ3v) is 5.53. The molecule has 1 atom stereocenters. The Balaban J connectivity index is 1.90. The first-order chi connectivity index (χ1) is 16.1. The van der Waals surface area contributed by atoms with E-state index in [1.165, 1.54) is 42.7 Å². The summed E-state index contributed by atoms with van der Waals surface area (Å²) in [6.45, 7) is 2.02. The molecule has 3 aromatic rings. The number of ether oxygens (including phenoxy) is 1. The number of ketones is 1. The average Bonchev–Trinajstić information content (AvgIpc) is 3.41. The molecule has 34 heavy (non-hydrogen) atoms. The van der Waals surface area contributed by atoms with Crippen molar-refractivity contribution >= 4 is 34.7 Å². The fourth-order valence-corrected chi connectivity index (χ4v) is 3.89. The Hall–Kier alpha value is -3.72. The number of hydrogen-bond acceptors (Lipinski definition) is 5. The summed E-state index contributed by atoms with van der Waals surface area (Å²) in [4.78, 5) is 26.9. The molecule has 0 saturated carbocycles. The molecule has 1 amide bonds. The van der Waals surface area contributed by atoms with Gasteiger partial charge >= 0.3 is 6.18 Å². The predicted octanol–water partition coefficient (Wildman–Crippen LogP) is 5.98. The number of rotatable bonds is 5. The van der Waals surface area contributed by atoms with E-state index in [9.17, 15) is 27.9 Å². The van der Waals surface area contributed by atoms with Crippen molar-refractivity contribution in [3.05, 3.63) is 88.3 Å². The van der Waals surface area contributed by atoms with Crippen LogP contribution in [-0.2, 0) is 15.8 Å². The summed E-state index contributed by atoms with van der Waals surface area (Å²) < 4.78 is 50.7. The molecule has 2 heterocycles. The number of benzene rings is 2. The minimum Gasteiger partial charge on any atom is -0.507 e. The maximum atomic E-state index is 13.3. The standard InChI is InChI=1S/C24H17ClF3NO5/c1-2-33-18-11-13(8-9-16(18)25)21(30)19-20(17-7-4-10-34-17)29(23(32)22(19)31)15-6-3-5-14(12-15)24(26,27)28/h3-12,20,30H,2H2,1H3/b21-19-. The minimum atomic E-state index is -4.66. The van der Waals surface area contributed by atoms with Gasteiger partial charge in [0.05, 0.1) is 29.0 Å². The van der Waals surface area contributed by atoms with Crippen molar-refractivity contribution in [1.29, 1.82) is 0 Å². The van der Waals surface area contributed by atoms with E-state index in [0.29, 0.717) is 0 Å². The Bertz CT molecular complexity index is 1280. The fraction of sp³-hybridized carbons (Fsp3) is 0.167. The highest BCUT2D eigenvalue weighted by atomic mass is 35.5. The molecule has 176 valence electrons. The highest BCUT2D eigenvalue weighted by Crippen LogP contribution is 2.44. The van der Waals surface area contributed by atoms with Gasteiger partial charge < -0.3 is 14.3 Å². The van der Waals surface area contributed by atoms with Gasteiger partial charge in [-0.05, 0) is 55.5 Å². The van der Waals surface area contributed by atoms with E-state index in [0.717, 1.165) is 23.1 Å². The van der Waals surface area contributed by atoms with Crippen molar-refractivity contribution in [2.24, 2.45) is 0 Å². The van der Waals surface area contributed by atoms with Crippen LogP contribution in [0.15, 0.2) is 70.9 Å². The van der Waals surface area contributed by atoms with Gasteiger partial charge in [-0.1, -0.05) is 17.7 Å². The van der Waals surface area contributed by atoms with Gasteiger partial charge in [0.1, 0.15) is 23.3 Å². The third kappa shape index (κ3) is 4.14. The fourth-order valence-electron chi connectivity index (χ4n) is 3.72. The van der Waals surface area contributed by atoms with Crippen LogP contribution in [0, 0.1) is 0 Å². The molecule has 1 saturated heterocycles. The Morgan fingerprint density at radius 2 is 1.91 bits per heavy atom. The van der Waals surface area contributed by atoms with Gasteiger partial charge in [-0.2, -0.15) is 13.2 Å². The largest absolute Gasteiger partial charge is 0.507 e. The molecule has 0 aliphatic carbocycles. The number of aliphatic hydroxyl groups is 1. The van der Waals surface area contributed by atoms with E-state index >= 15 is 0 Å². The lowest BCUT2D eigenvalue weighted by atomic mass is 9.99. The highest BCUT2D eigenvalue weighted by Gasteiger charge is 2.48. The predicted molar refractivity (Wildman–Crippen MR) is 118 cm³/mol. The smallest absolute Gasteiger partial charge is 0.416 e. The first-order valence-electron chi connectivity index (χ1n) is 10.1. The van der Waals surface area contributed by atoms with E-state index in [-0.39, 0.29) is 40.0 Å². The summed E-state index contributed by atoms with van der Waals surface area (Å²) in [6.07, 6.45) is -3.38. The van der Waals surface area contributed by atoms with Crippen molar-refractivity contribution < 1.29 is 37.0 Å². The number of furan rings is 1. The van der Waals surface area contributed by atoms with Crippen molar-refractivity contribution in [1.82, 2.24) is 0 Å². The van der Waals surface area contributed by atoms with Gasteiger partial charge in [0.25, 0.3) is 11.7 Å². The Morgan fingerprint density at radius 3 is 2.56 bits per heavy atom. The average molecular weight is 492 g/mol. The molecule has 1 N–H and O–H groups in total. The summed E-state index contributed by atoms with van der Waals surface area (Å²) in [7, 11) is 0. The molecule has 0 spiro atoms. The summed E-state index contributed by atoms with van der Waals surface area (Å²) in [6, 6.07) is 9.94. The van der Waals surface area contributed by atoms with Crippen molar-refractivity contribution in [2.45, 2.75) is 19.1 Å². The van der Waals surface area contributed by atoms with Crippen molar-refractivity contribution in [3.63, 3.8) is 0 Å². The number of alkyl halides is 3. The zero-order valence-electron chi connectivity index (χ0n) is 17.6. The molecule has 1 unspecified atom stereocenters. The Morgan fingerprint density at radius 1 is 1.15 bits per heavy atom. The van der Waals surface area contributed by atoms with Crippen LogP contribution >= 0.6 is 11.6 Å². The second-order valence-electron chi connectivity index (χ2n) is 7.31. The molecule has 10 heteroatoms. The summed E-state index contributed by atoms with van der Waals surface area (Å²) in [5.41, 5.74) is -1.39. The van der Waals surface area contributed by atoms with E-state index in [1.807, 2.05) is 0 Å². The number of amides is 1. The molecule has 1 aromatic heterocycles. The first kappa shape index (κ1) is 23.4. The topological polar surface area (TPSA) is 80.0 Å². The van der Waals surface area contributed by atoms with Crippen molar-refractivity contribution in [3.8, 4) is 5.75 Å². The van der Waals surface area contributed by atoms with Crippen LogP contribution in [0.25, 0.3) is 5.76 Å². The molecule has 0 bridgehead atoms. The van der Waals surface area contributed by atoms with Gasteiger partial charge in [-0.15, -0.1) is 0 Å². The number of anilines is 1. The van der Waals surface area contributed by atoms with Crippen LogP contribution in [0.2, 0.25) is 5.02 Å². The van der Waals surface area contributed by atoms with E-state index in [2.05, 4.69) is 0 Å². The van der Waals surface area contributed by atoms with Crippen LogP contribution in [0.3, 0.4) is 0 Å². The zero-order valence-corrected chi connectivity index (χ0v) is 18.4. The number of carbonyl (C=O) groups excluding carboxylic acids is 2. The molecule has 2 aromatic carbocycles. The molecular formula is C24H17ClF3NO5. The van der Waals surface area contributed by atoms with Gasteiger partial charge in [-0.3, -0.25) is 14.5 Å². The Kier molecular flexibility index (Phi) is 6.14. The molecule has 4 rings (SSSR count). The normalized spacial score (nSPS) is 17.9. The van der Waals surface area contributed by atoms with Crippen molar-refractivity contribution in [2.75, 3.05) is 11.5 Å². The molecule has 1 aliphatic heterocycles. The first-order valence-corrected chi connectivity index (χ1v) is 10.5. The summed E-state index contributed by atoms with van der Waals surface area (Å²) in [5, 5.41) is 11.3. The van der Waals surface area contributed by atoms with Gasteiger partial charge in [0.2, 0.25) is 0 Å². The lowest BCUT2D eigenvalue weighted by molar-refractivity contribution is -0.137. The lowest BCUT2D eigenvalue weighted by Gasteiger charge is -2.24. The molecule has 1 fully saturated rings. The number of aliphatic hydroxyl groups excluding tert-OH is 1. The summed E-state index contributed by atoms with van der Waals surface area (Å²) in [5.74, 6) is -2.41.